The van der Waals surface area contributed by atoms with Crippen LogP contribution in [0.4, 0.5) is 0 Å². The van der Waals surface area contributed by atoms with Gasteiger partial charge in [-0.3, -0.25) is 0 Å². The highest BCUT2D eigenvalue weighted by molar-refractivity contribution is 7.90. The zero-order valence-corrected chi connectivity index (χ0v) is 14.3. The van der Waals surface area contributed by atoms with Gasteiger partial charge in [0, 0.05) is 11.8 Å². The summed E-state index contributed by atoms with van der Waals surface area (Å²) in [6.45, 7) is -0.404. The SMILES string of the molecule is CS(=O)(=O)c1ccc(-c2cc(CO)oc(=O)c2-c2ccccc2)cc1. The van der Waals surface area contributed by atoms with Crippen LogP contribution in [0.3, 0.4) is 0 Å². The van der Waals surface area contributed by atoms with Crippen LogP contribution in [0.15, 0.2) is 74.8 Å². The van der Waals surface area contributed by atoms with Crippen molar-refractivity contribution in [2.45, 2.75) is 11.5 Å². The van der Waals surface area contributed by atoms with Gasteiger partial charge < -0.3 is 9.52 Å². The van der Waals surface area contributed by atoms with Gasteiger partial charge in [-0.1, -0.05) is 42.5 Å². The van der Waals surface area contributed by atoms with Gasteiger partial charge in [-0.15, -0.1) is 0 Å². The first-order valence-electron chi connectivity index (χ1n) is 7.54. The topological polar surface area (TPSA) is 84.6 Å². The normalized spacial score (nSPS) is 11.4. The van der Waals surface area contributed by atoms with Crippen molar-refractivity contribution in [1.82, 2.24) is 0 Å². The average Bonchev–Trinajstić information content (AvgIpc) is 2.61. The summed E-state index contributed by atoms with van der Waals surface area (Å²) in [6, 6.07) is 16.9. The van der Waals surface area contributed by atoms with Gasteiger partial charge in [0.05, 0.1) is 10.5 Å². The maximum absolute atomic E-state index is 12.4. The molecule has 1 aromatic heterocycles. The van der Waals surface area contributed by atoms with Crippen LogP contribution in [0, 0.1) is 0 Å². The van der Waals surface area contributed by atoms with Gasteiger partial charge >= 0.3 is 5.63 Å². The fraction of sp³-hybridized carbons (Fsp3) is 0.105. The highest BCUT2D eigenvalue weighted by atomic mass is 32.2. The lowest BCUT2D eigenvalue weighted by atomic mass is 9.96. The number of rotatable bonds is 4. The molecule has 0 spiro atoms. The summed E-state index contributed by atoms with van der Waals surface area (Å²) in [7, 11) is -3.31. The Morgan fingerprint density at radius 1 is 0.960 bits per heavy atom. The van der Waals surface area contributed by atoms with Crippen LogP contribution in [0.25, 0.3) is 22.3 Å². The first-order chi connectivity index (χ1) is 11.9. The molecule has 0 amide bonds. The van der Waals surface area contributed by atoms with Crippen molar-refractivity contribution in [2.75, 3.05) is 6.26 Å². The molecule has 3 rings (SSSR count). The zero-order chi connectivity index (χ0) is 18.0. The van der Waals surface area contributed by atoms with Crippen LogP contribution in [0.5, 0.6) is 0 Å². The molecule has 1 N–H and O–H groups in total. The Kier molecular flexibility index (Phi) is 4.57. The predicted octanol–water partition coefficient (Wildman–Crippen LogP) is 2.87. The van der Waals surface area contributed by atoms with Crippen molar-refractivity contribution in [3.05, 3.63) is 76.8 Å². The Labute approximate surface area is 145 Å². The van der Waals surface area contributed by atoms with Crippen LogP contribution in [-0.4, -0.2) is 19.8 Å². The lowest BCUT2D eigenvalue weighted by molar-refractivity contribution is 0.240. The molecule has 0 unspecified atom stereocenters. The molecule has 2 aromatic carbocycles. The van der Waals surface area contributed by atoms with E-state index in [2.05, 4.69) is 0 Å². The third-order valence-corrected chi connectivity index (χ3v) is 4.94. The van der Waals surface area contributed by atoms with E-state index in [1.165, 1.54) is 12.1 Å². The summed E-state index contributed by atoms with van der Waals surface area (Å²) in [4.78, 5) is 12.6. The first kappa shape index (κ1) is 17.1. The summed E-state index contributed by atoms with van der Waals surface area (Å²) in [5.74, 6) is 0.145. The summed E-state index contributed by atoms with van der Waals surface area (Å²) < 4.78 is 28.4. The van der Waals surface area contributed by atoms with E-state index >= 15 is 0 Å². The Morgan fingerprint density at radius 3 is 2.16 bits per heavy atom. The van der Waals surface area contributed by atoms with Gasteiger partial charge in [0.1, 0.15) is 12.4 Å². The quantitative estimate of drug-likeness (QED) is 0.777. The fourth-order valence-corrected chi connectivity index (χ4v) is 3.24. The smallest absolute Gasteiger partial charge is 0.344 e. The molecule has 3 aromatic rings. The molecule has 6 heteroatoms. The van der Waals surface area contributed by atoms with Gasteiger partial charge in [-0.2, -0.15) is 0 Å². The highest BCUT2D eigenvalue weighted by Crippen LogP contribution is 2.31. The molecule has 5 nitrogen and oxygen atoms in total. The number of hydrogen-bond acceptors (Lipinski definition) is 5. The molecule has 0 atom stereocenters. The number of aliphatic hydroxyl groups is 1. The first-order valence-corrected chi connectivity index (χ1v) is 9.43. The molecule has 0 aliphatic heterocycles. The maximum Gasteiger partial charge on any atom is 0.344 e. The van der Waals surface area contributed by atoms with E-state index in [-0.39, 0.29) is 10.7 Å². The third kappa shape index (κ3) is 3.55. The van der Waals surface area contributed by atoms with Gasteiger partial charge in [0.25, 0.3) is 0 Å². The third-order valence-electron chi connectivity index (χ3n) is 3.81. The molecule has 25 heavy (non-hydrogen) atoms. The standard InChI is InChI=1S/C19H16O5S/c1-25(22,23)16-9-7-13(8-10-16)17-11-15(12-20)24-19(21)18(17)14-5-3-2-4-6-14/h2-11,20H,12H2,1H3. The van der Waals surface area contributed by atoms with Gasteiger partial charge in [-0.05, 0) is 29.3 Å². The van der Waals surface area contributed by atoms with E-state index < -0.39 is 22.1 Å². The second kappa shape index (κ2) is 6.66. The Morgan fingerprint density at radius 2 is 1.60 bits per heavy atom. The van der Waals surface area contributed by atoms with E-state index in [9.17, 15) is 18.3 Å². The molecule has 0 bridgehead atoms. The number of sulfone groups is 1. The van der Waals surface area contributed by atoms with Crippen molar-refractivity contribution in [3.8, 4) is 22.3 Å². The minimum atomic E-state index is -3.31. The monoisotopic (exact) mass is 356 g/mol. The van der Waals surface area contributed by atoms with Crippen molar-refractivity contribution in [3.63, 3.8) is 0 Å². The van der Waals surface area contributed by atoms with Crippen LogP contribution in [-0.2, 0) is 16.4 Å². The van der Waals surface area contributed by atoms with E-state index in [0.717, 1.165) is 6.26 Å². The summed E-state index contributed by atoms with van der Waals surface area (Å²) in [5.41, 5.74) is 1.73. The average molecular weight is 356 g/mol. The molecule has 1 heterocycles. The number of hydrogen-bond donors (Lipinski definition) is 1. The fourth-order valence-electron chi connectivity index (χ4n) is 2.61. The zero-order valence-electron chi connectivity index (χ0n) is 13.5. The molecule has 0 saturated carbocycles. The number of aliphatic hydroxyl groups excluding tert-OH is 1. The van der Waals surface area contributed by atoms with Crippen molar-refractivity contribution in [2.24, 2.45) is 0 Å². The Bertz CT molecular complexity index is 1050. The van der Waals surface area contributed by atoms with Crippen molar-refractivity contribution < 1.29 is 17.9 Å². The van der Waals surface area contributed by atoms with Crippen LogP contribution in [0.2, 0.25) is 0 Å². The van der Waals surface area contributed by atoms with E-state index in [4.69, 9.17) is 4.42 Å². The maximum atomic E-state index is 12.4. The molecule has 0 radical (unpaired) electrons. The second-order valence-corrected chi connectivity index (χ2v) is 7.63. The molecular weight excluding hydrogens is 340 g/mol. The van der Waals surface area contributed by atoms with Crippen molar-refractivity contribution >= 4 is 9.84 Å². The second-order valence-electron chi connectivity index (χ2n) is 5.61. The summed E-state index contributed by atoms with van der Waals surface area (Å²) >= 11 is 0. The molecular formula is C19H16O5S. The van der Waals surface area contributed by atoms with Crippen LogP contribution < -0.4 is 5.63 Å². The lowest BCUT2D eigenvalue weighted by Crippen LogP contribution is -2.07. The Balaban J connectivity index is 2.24. The van der Waals surface area contributed by atoms with Crippen LogP contribution >= 0.6 is 0 Å². The van der Waals surface area contributed by atoms with Gasteiger partial charge in [0.15, 0.2) is 9.84 Å². The van der Waals surface area contributed by atoms with Gasteiger partial charge in [0.2, 0.25) is 0 Å². The minimum Gasteiger partial charge on any atom is -0.425 e. The Hall–Kier alpha value is -2.70. The molecule has 0 aliphatic carbocycles. The minimum absolute atomic E-state index is 0.145. The summed E-state index contributed by atoms with van der Waals surface area (Å²) in [6.07, 6.45) is 1.14. The molecule has 0 saturated heterocycles. The van der Waals surface area contributed by atoms with Gasteiger partial charge in [-0.25, -0.2) is 13.2 Å². The van der Waals surface area contributed by atoms with Crippen LogP contribution in [0.1, 0.15) is 5.76 Å². The molecule has 0 aliphatic rings. The van der Waals surface area contributed by atoms with E-state index in [1.807, 2.05) is 18.2 Å². The molecule has 128 valence electrons. The number of benzene rings is 2. The predicted molar refractivity (Wildman–Crippen MR) is 94.9 cm³/mol. The largest absolute Gasteiger partial charge is 0.425 e. The lowest BCUT2D eigenvalue weighted by Gasteiger charge is -2.11. The van der Waals surface area contributed by atoms with E-state index in [1.54, 1.807) is 30.3 Å². The van der Waals surface area contributed by atoms with E-state index in [0.29, 0.717) is 22.3 Å². The highest BCUT2D eigenvalue weighted by Gasteiger charge is 2.16. The summed E-state index contributed by atoms with van der Waals surface area (Å²) in [5, 5.41) is 9.33. The van der Waals surface area contributed by atoms with Crippen molar-refractivity contribution in [1.29, 1.82) is 0 Å². The molecule has 0 fully saturated rings.